The van der Waals surface area contributed by atoms with E-state index >= 15 is 0 Å². The predicted molar refractivity (Wildman–Crippen MR) is 68.8 cm³/mol. The highest BCUT2D eigenvalue weighted by Crippen LogP contribution is 2.29. The smallest absolute Gasteiger partial charge is 0.244 e. The minimum absolute atomic E-state index is 0.129. The van der Waals surface area contributed by atoms with Crippen molar-refractivity contribution in [2.75, 3.05) is 6.54 Å². The zero-order chi connectivity index (χ0) is 13.4. The van der Waals surface area contributed by atoms with Crippen LogP contribution in [0.15, 0.2) is 27.2 Å². The van der Waals surface area contributed by atoms with Crippen LogP contribution in [0, 0.1) is 5.82 Å². The highest BCUT2D eigenvalue weighted by Gasteiger charge is 2.28. The van der Waals surface area contributed by atoms with Crippen molar-refractivity contribution in [3.63, 3.8) is 0 Å². The van der Waals surface area contributed by atoms with Crippen molar-refractivity contribution in [2.45, 2.75) is 18.6 Å². The van der Waals surface area contributed by atoms with Crippen LogP contribution in [0.25, 0.3) is 11.4 Å². The number of nitrogens with one attached hydrogen (secondary N) is 1. The maximum atomic E-state index is 13.0. The van der Waals surface area contributed by atoms with E-state index in [1.807, 2.05) is 0 Å². The summed E-state index contributed by atoms with van der Waals surface area (Å²) in [5.41, 5.74) is 0.662. The predicted octanol–water partition coefficient (Wildman–Crippen LogP) is 2.03. The van der Waals surface area contributed by atoms with Gasteiger partial charge in [0.15, 0.2) is 0 Å². The molecule has 1 aromatic carbocycles. The molecule has 0 amide bonds. The van der Waals surface area contributed by atoms with Crippen molar-refractivity contribution in [2.24, 2.45) is 0 Å². The molecule has 19 heavy (non-hydrogen) atoms. The third-order valence-corrected chi connectivity index (χ3v) is 3.68. The molecule has 0 aliphatic carbocycles. The van der Waals surface area contributed by atoms with Crippen LogP contribution in [0.5, 0.6) is 0 Å². The lowest BCUT2D eigenvalue weighted by atomic mass is 10.2. The standard InChI is InChI=1S/C12H11BrFN3O2/c13-9-3-6(14)1-2-8(9)11-16-12(19-17-11)10-4-7(18)5-15-10/h1-3,7,10,15,18H,4-5H2/t7?,10-/m0/s1. The van der Waals surface area contributed by atoms with Crippen LogP contribution in [0.2, 0.25) is 0 Å². The molecular formula is C12H11BrFN3O2. The fourth-order valence-corrected chi connectivity index (χ4v) is 2.59. The Bertz CT molecular complexity index is 604. The summed E-state index contributed by atoms with van der Waals surface area (Å²) in [6, 6.07) is 4.15. The number of β-amino-alcohol motifs (C(OH)–C–C–N with tert-alkyl or cyclic N) is 1. The van der Waals surface area contributed by atoms with Crippen LogP contribution in [0.4, 0.5) is 4.39 Å². The Hall–Kier alpha value is -1.31. The van der Waals surface area contributed by atoms with Gasteiger partial charge in [-0.05, 0) is 40.5 Å². The van der Waals surface area contributed by atoms with E-state index in [0.717, 1.165) is 0 Å². The summed E-state index contributed by atoms with van der Waals surface area (Å²) in [5, 5.41) is 16.4. The van der Waals surface area contributed by atoms with Crippen molar-refractivity contribution in [1.82, 2.24) is 15.5 Å². The zero-order valence-corrected chi connectivity index (χ0v) is 11.4. The number of hydrogen-bond donors (Lipinski definition) is 2. The minimum atomic E-state index is -0.391. The molecule has 7 heteroatoms. The van der Waals surface area contributed by atoms with Crippen molar-refractivity contribution < 1.29 is 14.0 Å². The maximum absolute atomic E-state index is 13.0. The van der Waals surface area contributed by atoms with Crippen LogP contribution in [-0.4, -0.2) is 27.9 Å². The molecule has 0 bridgehead atoms. The van der Waals surface area contributed by atoms with Crippen LogP contribution < -0.4 is 5.32 Å². The second-order valence-electron chi connectivity index (χ2n) is 4.43. The van der Waals surface area contributed by atoms with E-state index in [-0.39, 0.29) is 11.9 Å². The SMILES string of the molecule is OC1CN[C@H](c2nc(-c3ccc(F)cc3Br)no2)C1. The number of halogens is 2. The average Bonchev–Trinajstić information content (AvgIpc) is 2.97. The topological polar surface area (TPSA) is 71.2 Å². The van der Waals surface area contributed by atoms with Crippen LogP contribution in [-0.2, 0) is 0 Å². The summed E-state index contributed by atoms with van der Waals surface area (Å²) in [7, 11) is 0. The third-order valence-electron chi connectivity index (χ3n) is 3.02. The molecule has 2 atom stereocenters. The molecule has 1 aromatic heterocycles. The average molecular weight is 328 g/mol. The number of aromatic nitrogens is 2. The molecule has 1 aliphatic heterocycles. The van der Waals surface area contributed by atoms with Gasteiger partial charge in [0.1, 0.15) is 5.82 Å². The Labute approximate surface area is 117 Å². The van der Waals surface area contributed by atoms with Gasteiger partial charge in [0.2, 0.25) is 11.7 Å². The van der Waals surface area contributed by atoms with Crippen LogP contribution >= 0.6 is 15.9 Å². The summed E-state index contributed by atoms with van der Waals surface area (Å²) < 4.78 is 18.8. The van der Waals surface area contributed by atoms with Gasteiger partial charge in [-0.25, -0.2) is 4.39 Å². The first kappa shape index (κ1) is 12.7. The van der Waals surface area contributed by atoms with E-state index in [9.17, 15) is 9.50 Å². The molecule has 2 heterocycles. The van der Waals surface area contributed by atoms with Gasteiger partial charge in [-0.3, -0.25) is 0 Å². The van der Waals surface area contributed by atoms with Crippen molar-refractivity contribution in [3.05, 3.63) is 34.4 Å². The number of aliphatic hydroxyl groups is 1. The molecule has 0 radical (unpaired) electrons. The molecule has 1 fully saturated rings. The largest absolute Gasteiger partial charge is 0.392 e. The summed E-state index contributed by atoms with van der Waals surface area (Å²) >= 11 is 3.27. The van der Waals surface area contributed by atoms with Crippen molar-refractivity contribution in [3.8, 4) is 11.4 Å². The lowest BCUT2D eigenvalue weighted by molar-refractivity contribution is 0.191. The van der Waals surface area contributed by atoms with Gasteiger partial charge in [0.05, 0.1) is 12.1 Å². The molecule has 0 saturated carbocycles. The fraction of sp³-hybridized carbons (Fsp3) is 0.333. The summed E-state index contributed by atoms with van der Waals surface area (Å²) in [5.74, 6) is 0.493. The molecule has 3 rings (SSSR count). The number of rotatable bonds is 2. The van der Waals surface area contributed by atoms with E-state index in [1.54, 1.807) is 6.07 Å². The third kappa shape index (κ3) is 2.54. The van der Waals surface area contributed by atoms with E-state index in [4.69, 9.17) is 4.52 Å². The van der Waals surface area contributed by atoms with E-state index in [2.05, 4.69) is 31.4 Å². The Morgan fingerprint density at radius 1 is 1.47 bits per heavy atom. The lowest BCUT2D eigenvalue weighted by Crippen LogP contribution is -2.15. The fourth-order valence-electron chi connectivity index (χ4n) is 2.06. The maximum Gasteiger partial charge on any atom is 0.244 e. The molecule has 2 N–H and O–H groups in total. The van der Waals surface area contributed by atoms with E-state index in [0.29, 0.717) is 34.7 Å². The van der Waals surface area contributed by atoms with Gasteiger partial charge in [0, 0.05) is 16.6 Å². The second-order valence-corrected chi connectivity index (χ2v) is 5.29. The Morgan fingerprint density at radius 2 is 2.32 bits per heavy atom. The molecule has 1 aliphatic rings. The van der Waals surface area contributed by atoms with Crippen LogP contribution in [0.3, 0.4) is 0 Å². The van der Waals surface area contributed by atoms with Gasteiger partial charge < -0.3 is 14.9 Å². The number of hydrogen-bond acceptors (Lipinski definition) is 5. The first-order valence-corrected chi connectivity index (χ1v) is 6.63. The summed E-state index contributed by atoms with van der Waals surface area (Å²) in [6.45, 7) is 0.516. The highest BCUT2D eigenvalue weighted by molar-refractivity contribution is 9.10. The van der Waals surface area contributed by atoms with E-state index < -0.39 is 6.10 Å². The molecule has 5 nitrogen and oxygen atoms in total. The molecule has 0 spiro atoms. The molecule has 1 saturated heterocycles. The summed E-state index contributed by atoms with van der Waals surface area (Å²) in [4.78, 5) is 4.28. The zero-order valence-electron chi connectivity index (χ0n) is 9.81. The van der Waals surface area contributed by atoms with Crippen molar-refractivity contribution >= 4 is 15.9 Å². The molecular weight excluding hydrogens is 317 g/mol. The highest BCUT2D eigenvalue weighted by atomic mass is 79.9. The van der Waals surface area contributed by atoms with Crippen molar-refractivity contribution in [1.29, 1.82) is 0 Å². The van der Waals surface area contributed by atoms with Gasteiger partial charge in [-0.15, -0.1) is 0 Å². The van der Waals surface area contributed by atoms with Gasteiger partial charge in [0.25, 0.3) is 0 Å². The quantitative estimate of drug-likeness (QED) is 0.883. The Morgan fingerprint density at radius 3 is 3.00 bits per heavy atom. The van der Waals surface area contributed by atoms with Gasteiger partial charge in [-0.1, -0.05) is 5.16 Å². The minimum Gasteiger partial charge on any atom is -0.392 e. The molecule has 2 aromatic rings. The van der Waals surface area contributed by atoms with Gasteiger partial charge in [-0.2, -0.15) is 4.98 Å². The molecule has 1 unspecified atom stereocenters. The molecule has 100 valence electrons. The number of benzene rings is 1. The lowest BCUT2D eigenvalue weighted by Gasteiger charge is -2.02. The monoisotopic (exact) mass is 327 g/mol. The second kappa shape index (κ2) is 4.99. The normalized spacial score (nSPS) is 22.9. The first-order valence-electron chi connectivity index (χ1n) is 5.84. The number of nitrogens with zero attached hydrogens (tertiary/aromatic N) is 2. The first-order chi connectivity index (χ1) is 9.13. The van der Waals surface area contributed by atoms with Crippen LogP contribution in [0.1, 0.15) is 18.4 Å². The Kier molecular flexibility index (Phi) is 3.34. The van der Waals surface area contributed by atoms with Gasteiger partial charge >= 0.3 is 0 Å². The number of aliphatic hydroxyl groups excluding tert-OH is 1. The Balaban J connectivity index is 1.88. The summed E-state index contributed by atoms with van der Waals surface area (Å²) in [6.07, 6.45) is 0.157. The van der Waals surface area contributed by atoms with E-state index in [1.165, 1.54) is 12.1 Å².